The molecule has 4 nitrogen and oxygen atoms in total. The quantitative estimate of drug-likeness (QED) is 0.745. The number of phenols is 1. The van der Waals surface area contributed by atoms with E-state index in [1.807, 2.05) is 6.26 Å². The fourth-order valence-electron chi connectivity index (χ4n) is 1.31. The Labute approximate surface area is 106 Å². The zero-order chi connectivity index (χ0) is 12.7. The van der Waals surface area contributed by atoms with E-state index < -0.39 is 10.0 Å². The number of rotatable bonds is 7. The Morgan fingerprint density at radius 1 is 1.35 bits per heavy atom. The molecule has 2 N–H and O–H groups in total. The lowest BCUT2D eigenvalue weighted by atomic mass is 10.3. The van der Waals surface area contributed by atoms with Crippen LogP contribution in [0.2, 0.25) is 0 Å². The largest absolute Gasteiger partial charge is 0.508 e. The molecule has 0 aliphatic heterocycles. The number of hydrogen-bond acceptors (Lipinski definition) is 4. The van der Waals surface area contributed by atoms with Crippen molar-refractivity contribution in [2.24, 2.45) is 0 Å². The van der Waals surface area contributed by atoms with Crippen molar-refractivity contribution in [2.75, 3.05) is 18.6 Å². The van der Waals surface area contributed by atoms with Crippen LogP contribution in [-0.2, 0) is 10.0 Å². The summed E-state index contributed by atoms with van der Waals surface area (Å²) in [5.74, 6) is 0.990. The van der Waals surface area contributed by atoms with Gasteiger partial charge >= 0.3 is 0 Å². The van der Waals surface area contributed by atoms with Gasteiger partial charge in [-0.05, 0) is 43.0 Å². The van der Waals surface area contributed by atoms with Crippen LogP contribution in [0.1, 0.15) is 12.8 Å². The van der Waals surface area contributed by atoms with Crippen molar-refractivity contribution in [1.82, 2.24) is 4.72 Å². The molecule has 0 fully saturated rings. The van der Waals surface area contributed by atoms with Gasteiger partial charge in [-0.1, -0.05) is 6.07 Å². The van der Waals surface area contributed by atoms with E-state index in [1.165, 1.54) is 24.3 Å². The van der Waals surface area contributed by atoms with E-state index in [0.29, 0.717) is 6.54 Å². The highest BCUT2D eigenvalue weighted by molar-refractivity contribution is 7.98. The van der Waals surface area contributed by atoms with Crippen molar-refractivity contribution in [3.8, 4) is 5.75 Å². The number of sulfonamides is 1. The van der Waals surface area contributed by atoms with E-state index in [9.17, 15) is 13.5 Å². The summed E-state index contributed by atoms with van der Waals surface area (Å²) in [5, 5.41) is 9.22. The van der Waals surface area contributed by atoms with Crippen LogP contribution in [0.25, 0.3) is 0 Å². The van der Waals surface area contributed by atoms with Gasteiger partial charge < -0.3 is 5.11 Å². The molecule has 1 aromatic rings. The lowest BCUT2D eigenvalue weighted by Gasteiger charge is -2.06. The van der Waals surface area contributed by atoms with E-state index >= 15 is 0 Å². The summed E-state index contributed by atoms with van der Waals surface area (Å²) >= 11 is 1.75. The minimum absolute atomic E-state index is 0.0461. The first-order chi connectivity index (χ1) is 8.06. The molecule has 0 aromatic heterocycles. The Hall–Kier alpha value is -0.720. The van der Waals surface area contributed by atoms with Crippen LogP contribution in [0.5, 0.6) is 5.75 Å². The lowest BCUT2D eigenvalue weighted by Crippen LogP contribution is -2.24. The van der Waals surface area contributed by atoms with Crippen molar-refractivity contribution in [3.05, 3.63) is 24.3 Å². The molecule has 6 heteroatoms. The molecule has 96 valence electrons. The summed E-state index contributed by atoms with van der Waals surface area (Å²) in [5.41, 5.74) is 0. The summed E-state index contributed by atoms with van der Waals surface area (Å²) in [4.78, 5) is 0.0994. The molecular weight excluding hydrogens is 258 g/mol. The number of hydrogen-bond donors (Lipinski definition) is 2. The SMILES string of the molecule is CSCCCCNS(=O)(=O)c1cccc(O)c1. The third-order valence-electron chi connectivity index (χ3n) is 2.20. The third-order valence-corrected chi connectivity index (χ3v) is 4.35. The molecular formula is C11H17NO3S2. The molecule has 0 saturated heterocycles. The molecule has 0 heterocycles. The van der Waals surface area contributed by atoms with Gasteiger partial charge in [0.05, 0.1) is 4.90 Å². The average molecular weight is 275 g/mol. The predicted octanol–water partition coefficient (Wildman–Crippen LogP) is 1.81. The van der Waals surface area contributed by atoms with Crippen LogP contribution in [-0.4, -0.2) is 32.1 Å². The minimum Gasteiger partial charge on any atom is -0.508 e. The summed E-state index contributed by atoms with van der Waals surface area (Å²) in [6.07, 6.45) is 3.83. The van der Waals surface area contributed by atoms with Crippen molar-refractivity contribution in [3.63, 3.8) is 0 Å². The lowest BCUT2D eigenvalue weighted by molar-refractivity contribution is 0.473. The summed E-state index contributed by atoms with van der Waals surface area (Å²) in [6.45, 7) is 0.429. The average Bonchev–Trinajstić information content (AvgIpc) is 2.29. The number of thioether (sulfide) groups is 1. The standard InChI is InChI=1S/C11H17NO3S2/c1-16-8-3-2-7-12-17(14,15)11-6-4-5-10(13)9-11/h4-6,9,12-13H,2-3,7-8H2,1H3. The molecule has 0 spiro atoms. The second-order valence-electron chi connectivity index (χ2n) is 3.60. The van der Waals surface area contributed by atoms with Crippen LogP contribution < -0.4 is 4.72 Å². The van der Waals surface area contributed by atoms with Gasteiger partial charge in [-0.3, -0.25) is 0 Å². The second kappa shape index (κ2) is 6.88. The zero-order valence-electron chi connectivity index (χ0n) is 9.72. The minimum atomic E-state index is -3.49. The molecule has 17 heavy (non-hydrogen) atoms. The number of unbranched alkanes of at least 4 members (excludes halogenated alkanes) is 1. The maximum Gasteiger partial charge on any atom is 0.240 e. The van der Waals surface area contributed by atoms with Crippen molar-refractivity contribution in [1.29, 1.82) is 0 Å². The highest BCUT2D eigenvalue weighted by Crippen LogP contribution is 2.15. The van der Waals surface area contributed by atoms with Gasteiger partial charge in [0.25, 0.3) is 0 Å². The summed E-state index contributed by atoms with van der Waals surface area (Å²) < 4.78 is 26.1. The van der Waals surface area contributed by atoms with Crippen molar-refractivity contribution in [2.45, 2.75) is 17.7 Å². The van der Waals surface area contributed by atoms with Gasteiger partial charge in [-0.2, -0.15) is 11.8 Å². The van der Waals surface area contributed by atoms with Crippen LogP contribution in [0.4, 0.5) is 0 Å². The van der Waals surface area contributed by atoms with Crippen LogP contribution in [0.3, 0.4) is 0 Å². The third kappa shape index (κ3) is 4.97. The maximum absolute atomic E-state index is 11.8. The molecule has 0 aliphatic rings. The van der Waals surface area contributed by atoms with Gasteiger partial charge in [0.15, 0.2) is 0 Å². The number of aromatic hydroxyl groups is 1. The normalized spacial score (nSPS) is 11.6. The van der Waals surface area contributed by atoms with Crippen molar-refractivity contribution >= 4 is 21.8 Å². The molecule has 0 unspecified atom stereocenters. The molecule has 0 amide bonds. The fourth-order valence-corrected chi connectivity index (χ4v) is 2.92. The van der Waals surface area contributed by atoms with E-state index in [0.717, 1.165) is 18.6 Å². The van der Waals surface area contributed by atoms with Gasteiger partial charge in [0.1, 0.15) is 5.75 Å². The highest BCUT2D eigenvalue weighted by atomic mass is 32.2. The summed E-state index contributed by atoms with van der Waals surface area (Å²) in [6, 6.07) is 5.66. The first-order valence-corrected chi connectivity index (χ1v) is 8.21. The Morgan fingerprint density at radius 2 is 2.12 bits per heavy atom. The van der Waals surface area contributed by atoms with Gasteiger partial charge in [0.2, 0.25) is 10.0 Å². The van der Waals surface area contributed by atoms with Crippen LogP contribution >= 0.6 is 11.8 Å². The van der Waals surface area contributed by atoms with Gasteiger partial charge in [-0.25, -0.2) is 13.1 Å². The topological polar surface area (TPSA) is 66.4 Å². The Balaban J connectivity index is 2.51. The van der Waals surface area contributed by atoms with E-state index in [2.05, 4.69) is 4.72 Å². The zero-order valence-corrected chi connectivity index (χ0v) is 11.4. The molecule has 1 aromatic carbocycles. The predicted molar refractivity (Wildman–Crippen MR) is 70.9 cm³/mol. The first-order valence-electron chi connectivity index (χ1n) is 5.34. The summed E-state index contributed by atoms with van der Waals surface area (Å²) in [7, 11) is -3.49. The van der Waals surface area contributed by atoms with E-state index in [-0.39, 0.29) is 10.6 Å². The van der Waals surface area contributed by atoms with Crippen molar-refractivity contribution < 1.29 is 13.5 Å². The van der Waals surface area contributed by atoms with Crippen LogP contribution in [0, 0.1) is 0 Å². The molecule has 0 saturated carbocycles. The fraction of sp³-hybridized carbons (Fsp3) is 0.455. The molecule has 0 aliphatic carbocycles. The number of phenolic OH excluding ortho intramolecular Hbond substituents is 1. The highest BCUT2D eigenvalue weighted by Gasteiger charge is 2.13. The first kappa shape index (κ1) is 14.3. The maximum atomic E-state index is 11.8. The molecule has 0 bridgehead atoms. The Kier molecular flexibility index (Phi) is 5.80. The number of nitrogens with one attached hydrogen (secondary N) is 1. The van der Waals surface area contributed by atoms with E-state index in [1.54, 1.807) is 11.8 Å². The molecule has 0 radical (unpaired) electrons. The molecule has 1 rings (SSSR count). The smallest absolute Gasteiger partial charge is 0.240 e. The molecule has 0 atom stereocenters. The van der Waals surface area contributed by atoms with E-state index in [4.69, 9.17) is 0 Å². The monoisotopic (exact) mass is 275 g/mol. The van der Waals surface area contributed by atoms with Gasteiger partial charge in [-0.15, -0.1) is 0 Å². The Bertz CT molecular complexity index is 446. The van der Waals surface area contributed by atoms with Gasteiger partial charge in [0, 0.05) is 6.54 Å². The van der Waals surface area contributed by atoms with Crippen LogP contribution in [0.15, 0.2) is 29.2 Å². The Morgan fingerprint density at radius 3 is 2.76 bits per heavy atom. The number of benzene rings is 1. The second-order valence-corrected chi connectivity index (χ2v) is 6.35.